The van der Waals surface area contributed by atoms with Crippen molar-refractivity contribution in [3.63, 3.8) is 0 Å². The van der Waals surface area contributed by atoms with Crippen LogP contribution in [0.1, 0.15) is 132 Å². The highest BCUT2D eigenvalue weighted by atomic mass is 19.2. The Balaban J connectivity index is 1.03. The molecule has 0 radical (unpaired) electrons. The van der Waals surface area contributed by atoms with E-state index in [9.17, 15) is 40.2 Å². The minimum atomic E-state index is -1.67. The third kappa shape index (κ3) is 14.8. The standard InChI is InChI=1S/C49H56F8O4/c1-3-5-30-61-41-29-27-39(47(55)49(41)57)45(53)43(51)35-20-24-37(25-21-35)60-32-15-11-7-9-13-17-33(4-2)16-12-8-6-10-14-31-59-36-22-18-34(19-23-36)42(50)44(52)38-26-28-40(58)48(56)46(38)54/h18-29,33,58H,3-17,30-32H2,1-2H3/b44-42+,45-43+. The van der Waals surface area contributed by atoms with Gasteiger partial charge in [-0.3, -0.25) is 0 Å². The average molecular weight is 861 g/mol. The van der Waals surface area contributed by atoms with Crippen molar-refractivity contribution in [2.24, 2.45) is 5.92 Å². The molecule has 61 heavy (non-hydrogen) atoms. The zero-order chi connectivity index (χ0) is 44.1. The fraction of sp³-hybridized carbons (Fsp3) is 0.429. The van der Waals surface area contributed by atoms with Crippen LogP contribution in [-0.4, -0.2) is 24.9 Å². The van der Waals surface area contributed by atoms with Gasteiger partial charge in [0, 0.05) is 11.1 Å². The summed E-state index contributed by atoms with van der Waals surface area (Å²) < 4.78 is 132. The van der Waals surface area contributed by atoms with Crippen molar-refractivity contribution in [3.05, 3.63) is 118 Å². The summed E-state index contributed by atoms with van der Waals surface area (Å²) in [6, 6.07) is 14.9. The topological polar surface area (TPSA) is 47.9 Å². The summed E-state index contributed by atoms with van der Waals surface area (Å²) in [6.45, 7) is 5.31. The van der Waals surface area contributed by atoms with E-state index in [4.69, 9.17) is 14.2 Å². The first-order chi connectivity index (χ1) is 29.5. The Morgan fingerprint density at radius 2 is 0.885 bits per heavy atom. The number of phenolic OH excluding ortho intramolecular Hbond substituents is 1. The molecule has 12 heteroatoms. The molecule has 0 bridgehead atoms. The molecule has 4 aromatic carbocycles. The highest BCUT2D eigenvalue weighted by molar-refractivity contribution is 5.84. The third-order valence-electron chi connectivity index (χ3n) is 10.6. The minimum Gasteiger partial charge on any atom is -0.505 e. The Labute approximate surface area is 354 Å². The van der Waals surface area contributed by atoms with Crippen molar-refractivity contribution >= 4 is 23.3 Å². The van der Waals surface area contributed by atoms with Crippen molar-refractivity contribution in [1.29, 1.82) is 0 Å². The number of phenols is 1. The van der Waals surface area contributed by atoms with E-state index in [2.05, 4.69) is 6.92 Å². The summed E-state index contributed by atoms with van der Waals surface area (Å²) in [7, 11) is 0. The van der Waals surface area contributed by atoms with Gasteiger partial charge in [0.2, 0.25) is 11.6 Å². The van der Waals surface area contributed by atoms with Gasteiger partial charge in [-0.15, -0.1) is 0 Å². The van der Waals surface area contributed by atoms with Crippen LogP contribution in [0.5, 0.6) is 23.0 Å². The highest BCUT2D eigenvalue weighted by Gasteiger charge is 2.22. The highest BCUT2D eigenvalue weighted by Crippen LogP contribution is 2.36. The minimum absolute atomic E-state index is 0.120. The first-order valence-corrected chi connectivity index (χ1v) is 21.3. The van der Waals surface area contributed by atoms with Gasteiger partial charge in [-0.1, -0.05) is 90.9 Å². The predicted molar refractivity (Wildman–Crippen MR) is 226 cm³/mol. The zero-order valence-electron chi connectivity index (χ0n) is 34.9. The molecule has 1 unspecified atom stereocenters. The number of hydrogen-bond donors (Lipinski definition) is 1. The number of hydrogen-bond acceptors (Lipinski definition) is 4. The van der Waals surface area contributed by atoms with Gasteiger partial charge in [0.1, 0.15) is 11.5 Å². The summed E-state index contributed by atoms with van der Waals surface area (Å²) in [4.78, 5) is 0. The number of aromatic hydroxyl groups is 1. The summed E-state index contributed by atoms with van der Waals surface area (Å²) >= 11 is 0. The van der Waals surface area contributed by atoms with Gasteiger partial charge >= 0.3 is 0 Å². The van der Waals surface area contributed by atoms with E-state index < -0.39 is 63.5 Å². The van der Waals surface area contributed by atoms with Gasteiger partial charge in [-0.25, -0.2) is 26.3 Å². The lowest BCUT2D eigenvalue weighted by atomic mass is 9.92. The molecule has 0 spiro atoms. The van der Waals surface area contributed by atoms with Gasteiger partial charge in [0.25, 0.3) is 0 Å². The maximum Gasteiger partial charge on any atom is 0.201 e. The summed E-state index contributed by atoms with van der Waals surface area (Å²) in [5.74, 6) is -11.6. The molecule has 4 aromatic rings. The SMILES string of the molecule is CCCCOc1ccc(/C(F)=C(\F)c2ccc(OCCCCCCCC(CC)CCCCCCCOc3ccc(/C(F)=C(\F)c4ccc(O)c(F)c4F)cc3)cc2)c(F)c1F. The Bertz CT molecular complexity index is 2010. The van der Waals surface area contributed by atoms with E-state index in [1.165, 1.54) is 74.2 Å². The average Bonchev–Trinajstić information content (AvgIpc) is 3.27. The van der Waals surface area contributed by atoms with Crippen molar-refractivity contribution in [2.75, 3.05) is 19.8 Å². The molecule has 0 fully saturated rings. The molecule has 4 nitrogen and oxygen atoms in total. The van der Waals surface area contributed by atoms with Crippen molar-refractivity contribution in [3.8, 4) is 23.0 Å². The molecule has 332 valence electrons. The van der Waals surface area contributed by atoms with Crippen molar-refractivity contribution in [1.82, 2.24) is 0 Å². The normalized spacial score (nSPS) is 12.8. The summed E-state index contributed by atoms with van der Waals surface area (Å²) in [5.41, 5.74) is -2.01. The molecule has 4 rings (SSSR count). The van der Waals surface area contributed by atoms with Crippen LogP contribution in [0, 0.1) is 29.2 Å². The smallest absolute Gasteiger partial charge is 0.201 e. The maximum atomic E-state index is 14.9. The van der Waals surface area contributed by atoms with Crippen LogP contribution in [0.15, 0.2) is 72.8 Å². The van der Waals surface area contributed by atoms with Crippen LogP contribution < -0.4 is 14.2 Å². The lowest BCUT2D eigenvalue weighted by Gasteiger charge is -2.14. The summed E-state index contributed by atoms with van der Waals surface area (Å²) in [6.07, 6.45) is 15.6. The molecule has 0 saturated heterocycles. The molecule has 0 aromatic heterocycles. The quantitative estimate of drug-likeness (QED) is 0.0369. The van der Waals surface area contributed by atoms with Crippen LogP contribution in [0.4, 0.5) is 35.1 Å². The van der Waals surface area contributed by atoms with Crippen LogP contribution >= 0.6 is 0 Å². The predicted octanol–water partition coefficient (Wildman–Crippen LogP) is 15.8. The zero-order valence-corrected chi connectivity index (χ0v) is 34.9. The number of rotatable bonds is 27. The Morgan fingerprint density at radius 3 is 1.36 bits per heavy atom. The van der Waals surface area contributed by atoms with Crippen LogP contribution in [0.25, 0.3) is 23.3 Å². The first kappa shape index (κ1) is 48.7. The molecule has 1 N–H and O–H groups in total. The maximum absolute atomic E-state index is 14.9. The second kappa shape index (κ2) is 25.7. The largest absolute Gasteiger partial charge is 0.505 e. The number of halogens is 8. The monoisotopic (exact) mass is 860 g/mol. The Kier molecular flexibility index (Phi) is 20.5. The second-order valence-electron chi connectivity index (χ2n) is 15.1. The van der Waals surface area contributed by atoms with E-state index in [0.717, 1.165) is 88.5 Å². The first-order valence-electron chi connectivity index (χ1n) is 21.3. The molecular weight excluding hydrogens is 805 g/mol. The molecule has 1 atom stereocenters. The lowest BCUT2D eigenvalue weighted by Crippen LogP contribution is -2.02. The second-order valence-corrected chi connectivity index (χ2v) is 15.1. The van der Waals surface area contributed by atoms with Crippen molar-refractivity contribution < 1.29 is 54.4 Å². The van der Waals surface area contributed by atoms with Gasteiger partial charge in [-0.2, -0.15) is 8.78 Å². The van der Waals surface area contributed by atoms with Gasteiger partial charge in [0.05, 0.1) is 30.9 Å². The van der Waals surface area contributed by atoms with Crippen LogP contribution in [0.2, 0.25) is 0 Å². The fourth-order valence-corrected chi connectivity index (χ4v) is 6.80. The Hall–Kier alpha value is -5.00. The van der Waals surface area contributed by atoms with Crippen molar-refractivity contribution in [2.45, 2.75) is 110 Å². The summed E-state index contributed by atoms with van der Waals surface area (Å²) in [5, 5.41) is 9.21. The van der Waals surface area contributed by atoms with E-state index in [0.29, 0.717) is 37.1 Å². The number of unbranched alkanes of at least 4 members (excludes halogenated alkanes) is 9. The van der Waals surface area contributed by atoms with E-state index in [-0.39, 0.29) is 23.5 Å². The van der Waals surface area contributed by atoms with Crippen LogP contribution in [0.3, 0.4) is 0 Å². The van der Waals surface area contributed by atoms with Gasteiger partial charge < -0.3 is 19.3 Å². The molecule has 0 heterocycles. The molecule has 0 aliphatic carbocycles. The molecular formula is C49H56F8O4. The number of benzene rings is 4. The van der Waals surface area contributed by atoms with E-state index >= 15 is 0 Å². The fourth-order valence-electron chi connectivity index (χ4n) is 6.80. The molecule has 0 aliphatic heterocycles. The van der Waals surface area contributed by atoms with E-state index in [1.54, 1.807) is 0 Å². The molecule has 0 saturated carbocycles. The van der Waals surface area contributed by atoms with Gasteiger partial charge in [-0.05, 0) is 98.0 Å². The van der Waals surface area contributed by atoms with E-state index in [1.807, 2.05) is 6.92 Å². The molecule has 0 amide bonds. The Morgan fingerprint density at radius 1 is 0.459 bits per heavy atom. The van der Waals surface area contributed by atoms with Crippen LogP contribution in [-0.2, 0) is 0 Å². The lowest BCUT2D eigenvalue weighted by molar-refractivity contribution is 0.288. The number of ether oxygens (including phenoxy) is 3. The van der Waals surface area contributed by atoms with Gasteiger partial charge in [0.15, 0.2) is 46.4 Å². The third-order valence-corrected chi connectivity index (χ3v) is 10.6. The molecule has 0 aliphatic rings.